The van der Waals surface area contributed by atoms with Gasteiger partial charge >= 0.3 is 0 Å². The van der Waals surface area contributed by atoms with Crippen LogP contribution in [-0.2, 0) is 16.6 Å². The first-order chi connectivity index (χ1) is 11.5. The molecule has 0 radical (unpaired) electrons. The minimum Gasteiger partial charge on any atom is -0.241 e. The highest BCUT2D eigenvalue weighted by Crippen LogP contribution is 2.21. The van der Waals surface area contributed by atoms with Crippen molar-refractivity contribution in [3.63, 3.8) is 0 Å². The molecule has 0 saturated carbocycles. The standard InChI is InChI=1S/C16H13BrFN3O2S/c17-13-6-7-14(18)16(10-13)24(22,23)20-11-12-4-1-2-5-15(12)21-9-3-8-19-21/h1-10,20H,11H2. The number of nitrogens with zero attached hydrogens (tertiary/aromatic N) is 2. The summed E-state index contributed by atoms with van der Waals surface area (Å²) in [4.78, 5) is -0.395. The topological polar surface area (TPSA) is 64.0 Å². The highest BCUT2D eigenvalue weighted by molar-refractivity contribution is 9.10. The molecule has 0 fully saturated rings. The lowest BCUT2D eigenvalue weighted by Crippen LogP contribution is -2.25. The number of aromatic nitrogens is 2. The highest BCUT2D eigenvalue weighted by Gasteiger charge is 2.19. The lowest BCUT2D eigenvalue weighted by molar-refractivity contribution is 0.556. The Morgan fingerprint density at radius 3 is 2.71 bits per heavy atom. The van der Waals surface area contributed by atoms with E-state index in [1.54, 1.807) is 35.3 Å². The van der Waals surface area contributed by atoms with Crippen molar-refractivity contribution in [2.45, 2.75) is 11.4 Å². The smallest absolute Gasteiger partial charge is 0.241 e. The lowest BCUT2D eigenvalue weighted by atomic mass is 10.2. The summed E-state index contributed by atoms with van der Waals surface area (Å²) in [6.45, 7) is 0.0182. The molecule has 0 aliphatic heterocycles. The first-order valence-electron chi connectivity index (χ1n) is 7.00. The molecular weight excluding hydrogens is 397 g/mol. The molecule has 1 heterocycles. The monoisotopic (exact) mass is 409 g/mol. The zero-order valence-electron chi connectivity index (χ0n) is 12.4. The first-order valence-corrected chi connectivity index (χ1v) is 9.27. The molecule has 5 nitrogen and oxygen atoms in total. The summed E-state index contributed by atoms with van der Waals surface area (Å²) >= 11 is 3.15. The molecule has 8 heteroatoms. The Morgan fingerprint density at radius 1 is 1.17 bits per heavy atom. The summed E-state index contributed by atoms with van der Waals surface area (Å²) in [6.07, 6.45) is 3.40. The number of rotatable bonds is 5. The second-order valence-corrected chi connectivity index (χ2v) is 7.63. The zero-order valence-corrected chi connectivity index (χ0v) is 14.8. The van der Waals surface area contributed by atoms with E-state index in [4.69, 9.17) is 0 Å². The number of nitrogens with one attached hydrogen (secondary N) is 1. The van der Waals surface area contributed by atoms with Gasteiger partial charge in [-0.2, -0.15) is 5.10 Å². The fourth-order valence-corrected chi connectivity index (χ4v) is 3.85. The van der Waals surface area contributed by atoms with E-state index in [2.05, 4.69) is 25.8 Å². The highest BCUT2D eigenvalue weighted by atomic mass is 79.9. The Hall–Kier alpha value is -2.03. The van der Waals surface area contributed by atoms with Gasteiger partial charge in [0.1, 0.15) is 10.7 Å². The van der Waals surface area contributed by atoms with Gasteiger partial charge in [-0.3, -0.25) is 0 Å². The number of para-hydroxylation sites is 1. The molecule has 0 saturated heterocycles. The summed E-state index contributed by atoms with van der Waals surface area (Å²) in [7, 11) is -3.98. The van der Waals surface area contributed by atoms with Crippen molar-refractivity contribution < 1.29 is 12.8 Å². The van der Waals surface area contributed by atoms with Crippen molar-refractivity contribution in [1.29, 1.82) is 0 Å². The van der Waals surface area contributed by atoms with Crippen LogP contribution in [0.15, 0.2) is 70.3 Å². The Bertz CT molecular complexity index is 959. The molecule has 2 aromatic carbocycles. The Kier molecular flexibility index (Phi) is 4.79. The van der Waals surface area contributed by atoms with E-state index in [1.165, 1.54) is 12.1 Å². The normalized spacial score (nSPS) is 11.6. The van der Waals surface area contributed by atoms with Crippen molar-refractivity contribution >= 4 is 26.0 Å². The zero-order chi connectivity index (χ0) is 17.2. The summed E-state index contributed by atoms with van der Waals surface area (Å²) in [5, 5.41) is 4.15. The molecule has 1 aromatic heterocycles. The van der Waals surface area contributed by atoms with Gasteiger partial charge in [-0.15, -0.1) is 0 Å². The van der Waals surface area contributed by atoms with Crippen LogP contribution in [0.1, 0.15) is 5.56 Å². The first kappa shape index (κ1) is 16.8. The predicted octanol–water partition coefficient (Wildman–Crippen LogP) is 3.25. The van der Waals surface area contributed by atoms with Crippen LogP contribution in [0.25, 0.3) is 5.69 Å². The fourth-order valence-electron chi connectivity index (χ4n) is 2.23. The largest absolute Gasteiger partial charge is 0.243 e. The molecule has 0 bridgehead atoms. The maximum Gasteiger partial charge on any atom is 0.243 e. The van der Waals surface area contributed by atoms with E-state index in [-0.39, 0.29) is 6.54 Å². The van der Waals surface area contributed by atoms with Crippen molar-refractivity contribution in [2.24, 2.45) is 0 Å². The second-order valence-electron chi connectivity index (χ2n) is 4.98. The van der Waals surface area contributed by atoms with Gasteiger partial charge < -0.3 is 0 Å². The predicted molar refractivity (Wildman–Crippen MR) is 91.7 cm³/mol. The van der Waals surface area contributed by atoms with Gasteiger partial charge in [-0.05, 0) is 35.9 Å². The number of halogens is 2. The molecule has 1 N–H and O–H groups in total. The van der Waals surface area contributed by atoms with E-state index in [0.717, 1.165) is 17.3 Å². The average Bonchev–Trinajstić information content (AvgIpc) is 3.10. The van der Waals surface area contributed by atoms with Gasteiger partial charge in [0.15, 0.2) is 0 Å². The van der Waals surface area contributed by atoms with Gasteiger partial charge in [0.05, 0.1) is 5.69 Å². The van der Waals surface area contributed by atoms with Crippen LogP contribution in [-0.4, -0.2) is 18.2 Å². The summed E-state index contributed by atoms with van der Waals surface area (Å²) in [5.74, 6) is -0.800. The Labute approximate surface area is 147 Å². The molecule has 3 rings (SSSR count). The maximum atomic E-state index is 13.8. The molecule has 0 unspecified atom stereocenters. The third-order valence-electron chi connectivity index (χ3n) is 3.38. The third kappa shape index (κ3) is 3.55. The van der Waals surface area contributed by atoms with Gasteiger partial charge in [-0.1, -0.05) is 34.1 Å². The van der Waals surface area contributed by atoms with Crippen LogP contribution >= 0.6 is 15.9 Å². The molecule has 0 spiro atoms. The lowest BCUT2D eigenvalue weighted by Gasteiger charge is -2.12. The van der Waals surface area contributed by atoms with Crippen LogP contribution in [0.4, 0.5) is 4.39 Å². The molecule has 124 valence electrons. The Morgan fingerprint density at radius 2 is 1.96 bits per heavy atom. The third-order valence-corrected chi connectivity index (χ3v) is 5.29. The number of benzene rings is 2. The number of hydrogen-bond donors (Lipinski definition) is 1. The summed E-state index contributed by atoms with van der Waals surface area (Å²) < 4.78 is 43.2. The van der Waals surface area contributed by atoms with E-state index in [9.17, 15) is 12.8 Å². The van der Waals surface area contributed by atoms with Crippen molar-refractivity contribution in [3.8, 4) is 5.69 Å². The molecule has 0 amide bonds. The Balaban J connectivity index is 1.87. The summed E-state index contributed by atoms with van der Waals surface area (Å²) in [5.41, 5.74) is 1.47. The van der Waals surface area contributed by atoms with Crippen LogP contribution in [0.5, 0.6) is 0 Å². The second kappa shape index (κ2) is 6.84. The quantitative estimate of drug-likeness (QED) is 0.703. The molecule has 0 aliphatic rings. The van der Waals surface area contributed by atoms with Gasteiger partial charge in [0, 0.05) is 23.4 Å². The van der Waals surface area contributed by atoms with Crippen LogP contribution in [0, 0.1) is 5.82 Å². The molecule has 24 heavy (non-hydrogen) atoms. The van der Waals surface area contributed by atoms with Crippen LogP contribution in [0.3, 0.4) is 0 Å². The van der Waals surface area contributed by atoms with E-state index < -0.39 is 20.7 Å². The van der Waals surface area contributed by atoms with Crippen LogP contribution in [0.2, 0.25) is 0 Å². The number of hydrogen-bond acceptors (Lipinski definition) is 3. The maximum absolute atomic E-state index is 13.8. The minimum atomic E-state index is -3.98. The van der Waals surface area contributed by atoms with Crippen molar-refractivity contribution in [1.82, 2.24) is 14.5 Å². The van der Waals surface area contributed by atoms with Gasteiger partial charge in [0.25, 0.3) is 0 Å². The number of sulfonamides is 1. The SMILES string of the molecule is O=S(=O)(NCc1ccccc1-n1cccn1)c1cc(Br)ccc1F. The van der Waals surface area contributed by atoms with Crippen LogP contribution < -0.4 is 4.72 Å². The van der Waals surface area contributed by atoms with Gasteiger partial charge in [-0.25, -0.2) is 22.2 Å². The van der Waals surface area contributed by atoms with E-state index in [0.29, 0.717) is 4.47 Å². The molecular formula is C16H13BrFN3O2S. The van der Waals surface area contributed by atoms with E-state index in [1.807, 2.05) is 12.1 Å². The molecule has 0 aliphatic carbocycles. The minimum absolute atomic E-state index is 0.0182. The molecule has 0 atom stereocenters. The average molecular weight is 410 g/mol. The van der Waals surface area contributed by atoms with Gasteiger partial charge in [0.2, 0.25) is 10.0 Å². The van der Waals surface area contributed by atoms with E-state index >= 15 is 0 Å². The summed E-state index contributed by atoms with van der Waals surface area (Å²) in [6, 6.07) is 12.8. The van der Waals surface area contributed by atoms with Crippen molar-refractivity contribution in [2.75, 3.05) is 0 Å². The van der Waals surface area contributed by atoms with Crippen molar-refractivity contribution in [3.05, 3.63) is 76.8 Å². The molecule has 3 aromatic rings. The fraction of sp³-hybridized carbons (Fsp3) is 0.0625.